The van der Waals surface area contributed by atoms with Gasteiger partial charge < -0.3 is 19.6 Å². The van der Waals surface area contributed by atoms with E-state index in [1.165, 1.54) is 0 Å². The van der Waals surface area contributed by atoms with Crippen LogP contribution in [0.1, 0.15) is 73.2 Å². The van der Waals surface area contributed by atoms with Gasteiger partial charge in [-0.05, 0) is 39.5 Å². The van der Waals surface area contributed by atoms with Crippen LogP contribution in [0, 0.1) is 6.92 Å². The van der Waals surface area contributed by atoms with Gasteiger partial charge in [0.1, 0.15) is 23.2 Å². The zero-order chi connectivity index (χ0) is 27.5. The van der Waals surface area contributed by atoms with Gasteiger partial charge in [0.05, 0.1) is 18.3 Å². The van der Waals surface area contributed by atoms with Crippen molar-refractivity contribution in [3.63, 3.8) is 0 Å². The molecule has 2 aromatic heterocycles. The molecular weight excluding hydrogens is 498 g/mol. The average Bonchev–Trinajstić information content (AvgIpc) is 3.68. The molecule has 0 unspecified atom stereocenters. The van der Waals surface area contributed by atoms with Gasteiger partial charge in [-0.1, -0.05) is 42.4 Å². The highest BCUT2D eigenvalue weighted by molar-refractivity contribution is 5.96. The zero-order valence-electron chi connectivity index (χ0n) is 22.7. The lowest BCUT2D eigenvalue weighted by Crippen LogP contribution is -2.47. The van der Waals surface area contributed by atoms with E-state index in [2.05, 4.69) is 10.5 Å². The molecule has 5 rings (SSSR count). The molecule has 2 aliphatic heterocycles. The van der Waals surface area contributed by atoms with Crippen molar-refractivity contribution in [1.82, 2.24) is 35.0 Å². The fourth-order valence-corrected chi connectivity index (χ4v) is 5.45. The molecule has 0 radical (unpaired) electrons. The predicted octanol–water partition coefficient (Wildman–Crippen LogP) is 2.91. The second-order valence-corrected chi connectivity index (χ2v) is 10.2. The first-order valence-corrected chi connectivity index (χ1v) is 13.7. The van der Waals surface area contributed by atoms with E-state index in [4.69, 9.17) is 14.6 Å². The first-order valence-electron chi connectivity index (χ1n) is 13.7. The molecule has 1 fully saturated rings. The van der Waals surface area contributed by atoms with Gasteiger partial charge in [-0.3, -0.25) is 14.4 Å². The molecule has 1 N–H and O–H groups in total. The normalized spacial score (nSPS) is 20.8. The van der Waals surface area contributed by atoms with Gasteiger partial charge in [-0.15, -0.1) is 0 Å². The van der Waals surface area contributed by atoms with Gasteiger partial charge in [0.25, 0.3) is 5.91 Å². The van der Waals surface area contributed by atoms with E-state index < -0.39 is 12.1 Å². The maximum absolute atomic E-state index is 13.7. The number of carbonyl (C=O) groups is 3. The zero-order valence-corrected chi connectivity index (χ0v) is 22.7. The average molecular weight is 534 g/mol. The Labute approximate surface area is 227 Å². The minimum Gasteiger partial charge on any atom is -0.361 e. The highest BCUT2D eigenvalue weighted by atomic mass is 16.5. The van der Waals surface area contributed by atoms with E-state index in [1.807, 2.05) is 44.2 Å². The molecule has 39 heavy (non-hydrogen) atoms. The number of aromatic nitrogens is 4. The van der Waals surface area contributed by atoms with Gasteiger partial charge in [0, 0.05) is 31.6 Å². The van der Waals surface area contributed by atoms with Crippen molar-refractivity contribution in [3.8, 4) is 11.4 Å². The minimum atomic E-state index is -0.502. The van der Waals surface area contributed by atoms with E-state index in [9.17, 15) is 14.4 Å². The fourth-order valence-electron chi connectivity index (χ4n) is 5.45. The molecule has 3 aromatic rings. The fraction of sp³-hybridized carbons (Fsp3) is 0.500. The number of rotatable bonds is 3. The topological polar surface area (TPSA) is 126 Å². The Morgan fingerprint density at radius 1 is 1.10 bits per heavy atom. The molecule has 11 nitrogen and oxygen atoms in total. The van der Waals surface area contributed by atoms with Crippen LogP contribution >= 0.6 is 0 Å². The van der Waals surface area contributed by atoms with Gasteiger partial charge in [0.2, 0.25) is 11.8 Å². The van der Waals surface area contributed by atoms with Crippen LogP contribution in [-0.2, 0) is 22.6 Å². The first kappa shape index (κ1) is 26.6. The van der Waals surface area contributed by atoms with Crippen molar-refractivity contribution in [2.24, 2.45) is 0 Å². The molecule has 2 atom stereocenters. The summed E-state index contributed by atoms with van der Waals surface area (Å²) in [6, 6.07) is 8.71. The number of fused-ring (bicyclic) bond motifs is 2. The van der Waals surface area contributed by atoms with Crippen LogP contribution in [0.4, 0.5) is 0 Å². The van der Waals surface area contributed by atoms with Crippen molar-refractivity contribution in [2.75, 3.05) is 19.6 Å². The Morgan fingerprint density at radius 3 is 2.67 bits per heavy atom. The molecular formula is C28H35N7O4. The number of carbonyl (C=O) groups excluding carboxylic acids is 3. The number of hydrogen-bond donors (Lipinski definition) is 1. The van der Waals surface area contributed by atoms with Crippen LogP contribution in [-0.4, -0.2) is 73.1 Å². The Balaban J connectivity index is 1.50. The third kappa shape index (κ3) is 5.43. The molecule has 1 aromatic carbocycles. The summed E-state index contributed by atoms with van der Waals surface area (Å²) in [6.07, 6.45) is 2.73. The quantitative estimate of drug-likeness (QED) is 0.549. The molecule has 0 bridgehead atoms. The Hall–Kier alpha value is -4.02. The third-order valence-electron chi connectivity index (χ3n) is 7.52. The number of nitrogens with zero attached hydrogens (tertiary/aromatic N) is 6. The van der Waals surface area contributed by atoms with E-state index in [0.29, 0.717) is 74.1 Å². The second kappa shape index (κ2) is 11.4. The summed E-state index contributed by atoms with van der Waals surface area (Å²) in [6.45, 7) is 7.21. The Bertz CT molecular complexity index is 1350. The molecule has 1 saturated heterocycles. The van der Waals surface area contributed by atoms with Gasteiger partial charge in [0.15, 0.2) is 5.82 Å². The molecule has 3 amide bonds. The van der Waals surface area contributed by atoms with Crippen LogP contribution in [0.15, 0.2) is 34.9 Å². The highest BCUT2D eigenvalue weighted by Crippen LogP contribution is 2.24. The number of amides is 3. The molecule has 11 heteroatoms. The summed E-state index contributed by atoms with van der Waals surface area (Å²) in [4.78, 5) is 48.3. The Kier molecular flexibility index (Phi) is 7.76. The predicted molar refractivity (Wildman–Crippen MR) is 143 cm³/mol. The van der Waals surface area contributed by atoms with Crippen molar-refractivity contribution >= 4 is 17.7 Å². The summed E-state index contributed by atoms with van der Waals surface area (Å²) < 4.78 is 7.11. The highest BCUT2D eigenvalue weighted by Gasteiger charge is 2.35. The molecule has 4 heterocycles. The maximum atomic E-state index is 13.7. The summed E-state index contributed by atoms with van der Waals surface area (Å²) in [5.74, 6) is 1.22. The lowest BCUT2D eigenvalue weighted by molar-refractivity contribution is -0.138. The lowest BCUT2D eigenvalue weighted by atomic mass is 10.1. The minimum absolute atomic E-state index is 0.0605. The Morgan fingerprint density at radius 2 is 1.90 bits per heavy atom. The van der Waals surface area contributed by atoms with Crippen molar-refractivity contribution in [3.05, 3.63) is 53.2 Å². The summed E-state index contributed by atoms with van der Waals surface area (Å²) in [5.41, 5.74) is 1.97. The molecule has 206 valence electrons. The SMILES string of the molecule is CCc1noc(C)c1C(=O)N1CCCC(=O)N2CCC[C@H]2C(=O)N[C@@H](C)c2nc(-c3ccccc3)nn2CC1. The summed E-state index contributed by atoms with van der Waals surface area (Å²) >= 11 is 0. The lowest BCUT2D eigenvalue weighted by Gasteiger charge is -2.28. The van der Waals surface area contributed by atoms with E-state index in [-0.39, 0.29) is 24.1 Å². The van der Waals surface area contributed by atoms with Crippen LogP contribution in [0.5, 0.6) is 0 Å². The van der Waals surface area contributed by atoms with Crippen LogP contribution in [0.2, 0.25) is 0 Å². The monoisotopic (exact) mass is 533 g/mol. The standard InChI is InChI=1S/C28H35N7O4/c1-4-21-24(19(3)39-32-21)28(38)33-14-9-13-23(36)34-15-8-12-22(34)27(37)29-18(2)26-30-25(31-35(26)17-16-33)20-10-6-5-7-11-20/h5-7,10-11,18,22H,4,8-9,12-17H2,1-3H3,(H,29,37)/t18-,22-/m0/s1. The van der Waals surface area contributed by atoms with Gasteiger partial charge in [-0.25, -0.2) is 9.67 Å². The number of benzene rings is 1. The van der Waals surface area contributed by atoms with Gasteiger partial charge in [-0.2, -0.15) is 5.10 Å². The summed E-state index contributed by atoms with van der Waals surface area (Å²) in [7, 11) is 0. The number of nitrogens with one attached hydrogen (secondary N) is 1. The molecule has 2 aliphatic rings. The van der Waals surface area contributed by atoms with Crippen LogP contribution in [0.25, 0.3) is 11.4 Å². The van der Waals surface area contributed by atoms with E-state index in [1.54, 1.807) is 21.4 Å². The molecule has 0 saturated carbocycles. The van der Waals surface area contributed by atoms with Crippen molar-refractivity contribution in [2.45, 2.75) is 71.5 Å². The number of aryl methyl sites for hydroxylation is 2. The van der Waals surface area contributed by atoms with Crippen LogP contribution in [0.3, 0.4) is 0 Å². The molecule has 0 spiro atoms. The second-order valence-electron chi connectivity index (χ2n) is 10.2. The van der Waals surface area contributed by atoms with Crippen molar-refractivity contribution < 1.29 is 18.9 Å². The maximum Gasteiger partial charge on any atom is 0.259 e. The molecule has 0 aliphatic carbocycles. The largest absolute Gasteiger partial charge is 0.361 e. The van der Waals surface area contributed by atoms with Crippen molar-refractivity contribution in [1.29, 1.82) is 0 Å². The van der Waals surface area contributed by atoms with E-state index >= 15 is 0 Å². The van der Waals surface area contributed by atoms with Gasteiger partial charge >= 0.3 is 0 Å². The smallest absolute Gasteiger partial charge is 0.259 e. The summed E-state index contributed by atoms with van der Waals surface area (Å²) in [5, 5.41) is 11.9. The van der Waals surface area contributed by atoms with Crippen LogP contribution < -0.4 is 5.32 Å². The third-order valence-corrected chi connectivity index (χ3v) is 7.52. The number of hydrogen-bond acceptors (Lipinski definition) is 7. The first-order chi connectivity index (χ1) is 18.9. The van der Waals surface area contributed by atoms with E-state index in [0.717, 1.165) is 12.0 Å².